The van der Waals surface area contributed by atoms with E-state index < -0.39 is 5.41 Å². The highest BCUT2D eigenvalue weighted by Gasteiger charge is 2.50. The van der Waals surface area contributed by atoms with Gasteiger partial charge in [-0.25, -0.2) is 0 Å². The van der Waals surface area contributed by atoms with Crippen molar-refractivity contribution in [2.45, 2.75) is 57.8 Å². The second-order valence-corrected chi connectivity index (χ2v) is 31.8. The topological polar surface area (TPSA) is 11.4 Å². The van der Waals surface area contributed by atoms with Gasteiger partial charge in [0, 0.05) is 61.5 Å². The Bertz CT molecular complexity index is 6180. The maximum atomic E-state index is 2.73. The van der Waals surface area contributed by atoms with Crippen LogP contribution in [0.25, 0.3) is 105 Å². The highest BCUT2D eigenvalue weighted by Crippen LogP contribution is 2.61. The molecule has 0 bridgehead atoms. The molecule has 0 saturated carbocycles. The molecule has 1 aromatic heterocycles. The summed E-state index contributed by atoms with van der Waals surface area (Å²) in [7, 11) is 0. The fourth-order valence-electron chi connectivity index (χ4n) is 18.5. The zero-order chi connectivity index (χ0) is 73.3. The molecule has 1 aliphatic carbocycles. The lowest BCUT2D eigenvalue weighted by molar-refractivity contribution is 0.569. The van der Waals surface area contributed by atoms with E-state index >= 15 is 0 Å². The van der Waals surface area contributed by atoms with Crippen molar-refractivity contribution in [3.05, 3.63) is 409 Å². The van der Waals surface area contributed by atoms with Gasteiger partial charge in [0.05, 0.1) is 27.8 Å². The van der Waals surface area contributed by atoms with Gasteiger partial charge in [-0.05, 0) is 159 Å². The molecule has 0 amide bonds. The van der Waals surface area contributed by atoms with E-state index in [4.69, 9.17) is 0 Å². The van der Waals surface area contributed by atoms with Crippen LogP contribution in [0.3, 0.4) is 0 Å². The lowest BCUT2D eigenvalue weighted by Crippen LogP contribution is -2.61. The second kappa shape index (κ2) is 25.6. The predicted octanol–water partition coefficient (Wildman–Crippen LogP) is 25.8. The average Bonchev–Trinajstić information content (AvgIpc) is 1.35. The van der Waals surface area contributed by atoms with E-state index in [2.05, 4.69) is 432 Å². The molecule has 0 fully saturated rings. The number of rotatable bonds is 11. The Morgan fingerprint density at radius 1 is 0.266 bits per heavy atom. The van der Waals surface area contributed by atoms with E-state index in [9.17, 15) is 0 Å². The zero-order valence-electron chi connectivity index (χ0n) is 62.2. The third-order valence-corrected chi connectivity index (χ3v) is 23.5. The van der Waals surface area contributed by atoms with Crippen LogP contribution in [0.15, 0.2) is 376 Å². The van der Waals surface area contributed by atoms with E-state index in [0.29, 0.717) is 0 Å². The monoisotopic (exact) mass is 1390 g/mol. The molecule has 17 aromatic rings. The summed E-state index contributed by atoms with van der Waals surface area (Å²) in [6.07, 6.45) is 0. The predicted molar refractivity (Wildman–Crippen MR) is 462 cm³/mol. The molecule has 0 N–H and O–H groups in total. The smallest absolute Gasteiger partial charge is 0.252 e. The van der Waals surface area contributed by atoms with Crippen LogP contribution >= 0.6 is 0 Å². The summed E-state index contributed by atoms with van der Waals surface area (Å²) in [4.78, 5) is 5.44. The normalized spacial score (nSPS) is 13.2. The first-order valence-electron chi connectivity index (χ1n) is 38.4. The molecule has 0 unspecified atom stereocenters. The Hall–Kier alpha value is -13.0. The number of anilines is 6. The maximum Gasteiger partial charge on any atom is 0.252 e. The number of nitrogens with zero attached hydrogens (tertiary/aromatic N) is 3. The Kier molecular flexibility index (Phi) is 15.4. The van der Waals surface area contributed by atoms with Crippen LogP contribution < -0.4 is 26.2 Å². The van der Waals surface area contributed by atoms with Crippen LogP contribution in [0.4, 0.5) is 34.1 Å². The Morgan fingerprint density at radius 3 is 1.17 bits per heavy atom. The lowest BCUT2D eigenvalue weighted by atomic mass is 9.33. The number of para-hydroxylation sites is 4. The standard InChI is InChI=1S/C105H80BN3/c1-103(2,3)78-62-74(63-79(67-78)104(4,5)6)73-58-61-95-92(64-73)106-91-60-59-80(107-93-56-29-26-47-87(93)88-48-27-30-57-94(88)107)68-96(91)109(102-84(71-38-17-9-18-39-71)52-33-53-85(102)72-40-19-10-20-41-72)98-66-75(65-97(100(98)106)108(95)101-82(69-34-13-7-14-35-69)50-32-51-83(101)70-36-15-8-16-37-70)81-49-31-54-89-86-46-25-28-55-90(86)105(99(81)89,76-42-21-11-22-43-76)77-44-23-12-24-45-77/h7-68H,1-6H3. The van der Waals surface area contributed by atoms with Crippen molar-refractivity contribution >= 4 is 79.0 Å². The number of hydrogen-bond acceptors (Lipinski definition) is 2. The Balaban J connectivity index is 0.994. The van der Waals surface area contributed by atoms with Crippen molar-refractivity contribution in [3.8, 4) is 83.6 Å². The van der Waals surface area contributed by atoms with Gasteiger partial charge in [0.25, 0.3) is 6.71 Å². The molecule has 0 radical (unpaired) electrons. The first kappa shape index (κ1) is 65.5. The molecule has 109 heavy (non-hydrogen) atoms. The molecule has 0 saturated heterocycles. The van der Waals surface area contributed by atoms with Crippen molar-refractivity contribution in [3.63, 3.8) is 0 Å². The average molecular weight is 1390 g/mol. The van der Waals surface area contributed by atoms with Gasteiger partial charge in [0.2, 0.25) is 0 Å². The van der Waals surface area contributed by atoms with E-state index in [1.807, 2.05) is 0 Å². The molecular formula is C105H80BN3. The Morgan fingerprint density at radius 2 is 0.679 bits per heavy atom. The molecule has 3 aliphatic rings. The fourth-order valence-corrected chi connectivity index (χ4v) is 18.5. The minimum absolute atomic E-state index is 0.112. The van der Waals surface area contributed by atoms with Gasteiger partial charge in [-0.3, -0.25) is 0 Å². The van der Waals surface area contributed by atoms with Crippen LogP contribution in [-0.2, 0) is 16.2 Å². The van der Waals surface area contributed by atoms with Crippen LogP contribution in [0.5, 0.6) is 0 Å². The highest BCUT2D eigenvalue weighted by molar-refractivity contribution is 7.00. The largest absolute Gasteiger partial charge is 0.310 e. The molecular weight excluding hydrogens is 1310 g/mol. The molecule has 3 heterocycles. The molecule has 0 atom stereocenters. The maximum absolute atomic E-state index is 2.73. The van der Waals surface area contributed by atoms with Gasteiger partial charge >= 0.3 is 0 Å². The van der Waals surface area contributed by atoms with Gasteiger partial charge in [-0.1, -0.05) is 375 Å². The van der Waals surface area contributed by atoms with Crippen molar-refractivity contribution in [1.29, 1.82) is 0 Å². The summed E-state index contributed by atoms with van der Waals surface area (Å²) in [6, 6.07) is 143. The fraction of sp³-hybridized carbons (Fsp3) is 0.0857. The lowest BCUT2D eigenvalue weighted by Gasteiger charge is -2.46. The summed E-state index contributed by atoms with van der Waals surface area (Å²) in [6.45, 7) is 13.8. The van der Waals surface area contributed by atoms with Crippen molar-refractivity contribution < 1.29 is 0 Å². The van der Waals surface area contributed by atoms with Gasteiger partial charge in [-0.15, -0.1) is 0 Å². The molecule has 20 rings (SSSR count). The summed E-state index contributed by atoms with van der Waals surface area (Å²) in [5, 5.41) is 2.44. The molecule has 3 nitrogen and oxygen atoms in total. The first-order chi connectivity index (χ1) is 53.4. The van der Waals surface area contributed by atoms with Crippen LogP contribution in [-0.4, -0.2) is 11.3 Å². The SMILES string of the molecule is CC(C)(C)c1cc(-c2ccc3c(c2)B2c4ccc(-n5c6ccccc6c6ccccc65)cc4N(c4c(-c5ccccc5)cccc4-c4ccccc4)c4cc(-c5cccc6c5C(c5ccccc5)(c5ccccc5)c5ccccc5-6)cc(c42)N3c2c(-c3ccccc3)cccc2-c2ccccc2)cc(C(C)(C)C)c1. The van der Waals surface area contributed by atoms with Crippen LogP contribution in [0.2, 0.25) is 0 Å². The van der Waals surface area contributed by atoms with Crippen LogP contribution in [0.1, 0.15) is 74.9 Å². The van der Waals surface area contributed by atoms with Crippen molar-refractivity contribution in [1.82, 2.24) is 4.57 Å². The van der Waals surface area contributed by atoms with Gasteiger partial charge in [-0.2, -0.15) is 0 Å². The van der Waals surface area contributed by atoms with Gasteiger partial charge in [0.1, 0.15) is 0 Å². The third kappa shape index (κ3) is 10.5. The number of benzene rings is 16. The Labute approximate surface area is 640 Å². The van der Waals surface area contributed by atoms with Gasteiger partial charge in [0.15, 0.2) is 0 Å². The summed E-state index contributed by atoms with van der Waals surface area (Å²) >= 11 is 0. The zero-order valence-corrected chi connectivity index (χ0v) is 62.2. The van der Waals surface area contributed by atoms with E-state index in [1.165, 1.54) is 82.8 Å². The summed E-state index contributed by atoms with van der Waals surface area (Å²) in [5.74, 6) is 0. The molecule has 2 aliphatic heterocycles. The van der Waals surface area contributed by atoms with E-state index in [0.717, 1.165) is 106 Å². The van der Waals surface area contributed by atoms with Crippen molar-refractivity contribution in [2.75, 3.05) is 9.80 Å². The highest BCUT2D eigenvalue weighted by atomic mass is 15.2. The first-order valence-corrected chi connectivity index (χ1v) is 38.4. The molecule has 518 valence electrons. The minimum Gasteiger partial charge on any atom is -0.310 e. The van der Waals surface area contributed by atoms with Crippen LogP contribution in [0, 0.1) is 0 Å². The second-order valence-electron chi connectivity index (χ2n) is 31.8. The van der Waals surface area contributed by atoms with E-state index in [1.54, 1.807) is 0 Å². The summed E-state index contributed by atoms with van der Waals surface area (Å²) < 4.78 is 2.51. The quantitative estimate of drug-likeness (QED) is 0.120. The number of hydrogen-bond donors (Lipinski definition) is 0. The third-order valence-electron chi connectivity index (χ3n) is 23.5. The van der Waals surface area contributed by atoms with E-state index in [-0.39, 0.29) is 17.5 Å². The van der Waals surface area contributed by atoms with Gasteiger partial charge < -0.3 is 14.4 Å². The molecule has 0 spiro atoms. The molecule has 4 heteroatoms. The number of aromatic nitrogens is 1. The number of fused-ring (bicyclic) bond motifs is 10. The molecule has 16 aromatic carbocycles. The van der Waals surface area contributed by atoms with Crippen molar-refractivity contribution in [2.24, 2.45) is 0 Å². The minimum atomic E-state index is -0.731. The summed E-state index contributed by atoms with van der Waals surface area (Å²) in [5.41, 5.74) is 36.6.